The van der Waals surface area contributed by atoms with E-state index in [0.29, 0.717) is 12.0 Å². The van der Waals surface area contributed by atoms with E-state index in [1.165, 1.54) is 24.3 Å². The summed E-state index contributed by atoms with van der Waals surface area (Å²) in [5.41, 5.74) is -2.77. The molecule has 0 radical (unpaired) electrons. The molecular weight excluding hydrogens is 421 g/mol. The van der Waals surface area contributed by atoms with Crippen LogP contribution in [0.25, 0.3) is 0 Å². The van der Waals surface area contributed by atoms with Gasteiger partial charge < -0.3 is 9.47 Å². The minimum atomic E-state index is -5.03. The van der Waals surface area contributed by atoms with Gasteiger partial charge in [0.2, 0.25) is 0 Å². The maximum Gasteiger partial charge on any atom is 0.432 e. The van der Waals surface area contributed by atoms with Gasteiger partial charge in [-0.2, -0.15) is 13.2 Å². The summed E-state index contributed by atoms with van der Waals surface area (Å²) in [6.45, 7) is 7.85. The first-order valence-corrected chi connectivity index (χ1v) is 10.9. The monoisotopic (exact) mass is 450 g/mol. The highest BCUT2D eigenvalue weighted by Crippen LogP contribution is 2.66. The zero-order valence-corrected chi connectivity index (χ0v) is 19.0. The third kappa shape index (κ3) is 3.07. The van der Waals surface area contributed by atoms with Crippen LogP contribution in [0.3, 0.4) is 0 Å². The van der Waals surface area contributed by atoms with Crippen LogP contribution in [-0.2, 0) is 24.7 Å². The Balaban J connectivity index is 1.78. The van der Waals surface area contributed by atoms with Crippen LogP contribution in [0.4, 0.5) is 13.2 Å². The third-order valence-electron chi connectivity index (χ3n) is 7.84. The number of alkyl halides is 3. The fraction of sp³-hybridized carbons (Fsp3) is 0.600. The van der Waals surface area contributed by atoms with E-state index < -0.39 is 29.3 Å². The lowest BCUT2D eigenvalue weighted by Crippen LogP contribution is -2.53. The Labute approximate surface area is 186 Å². The van der Waals surface area contributed by atoms with E-state index in [4.69, 9.17) is 9.47 Å². The number of Topliss-reactive ketones (excluding diaryl/α,β-unsaturated/α-hetero) is 1. The van der Waals surface area contributed by atoms with Gasteiger partial charge in [0.05, 0.1) is 0 Å². The van der Waals surface area contributed by atoms with Gasteiger partial charge in [-0.15, -0.1) is 0 Å². The van der Waals surface area contributed by atoms with Crippen molar-refractivity contribution in [3.63, 3.8) is 0 Å². The van der Waals surface area contributed by atoms with Crippen molar-refractivity contribution < 1.29 is 32.2 Å². The molecule has 4 rings (SSSR count). The first kappa shape index (κ1) is 23.0. The molecule has 0 heterocycles. The summed E-state index contributed by atoms with van der Waals surface area (Å²) in [6, 6.07) is 6.84. The number of methoxy groups -OCH3 is 1. The van der Waals surface area contributed by atoms with E-state index in [0.717, 1.165) is 19.1 Å². The number of hydrogen-bond acceptors (Lipinski definition) is 4. The SMILES string of the molecule is CO[C@](C(=O)O[C@H]1[C@H]2CC(C)(C)C[C@H]2C2=C(C)C(=O)C[C@@]21C)(c1ccccc1)C(F)(F)F. The van der Waals surface area contributed by atoms with Crippen molar-refractivity contribution in [2.45, 2.75) is 64.8 Å². The molecule has 0 saturated heterocycles. The van der Waals surface area contributed by atoms with E-state index in [1.54, 1.807) is 13.0 Å². The molecule has 4 nitrogen and oxygen atoms in total. The zero-order valence-electron chi connectivity index (χ0n) is 19.0. The van der Waals surface area contributed by atoms with Gasteiger partial charge in [-0.3, -0.25) is 4.79 Å². The Morgan fingerprint density at radius 1 is 1.09 bits per heavy atom. The molecule has 0 amide bonds. The lowest BCUT2D eigenvalue weighted by atomic mass is 9.76. The van der Waals surface area contributed by atoms with Crippen LogP contribution in [0.5, 0.6) is 0 Å². The molecule has 0 N–H and O–H groups in total. The number of allylic oxidation sites excluding steroid dienone is 1. The maximum absolute atomic E-state index is 14.4. The molecule has 2 saturated carbocycles. The second kappa shape index (κ2) is 7.17. The number of rotatable bonds is 4. The van der Waals surface area contributed by atoms with E-state index in [1.807, 2.05) is 6.92 Å². The summed E-state index contributed by atoms with van der Waals surface area (Å²) in [4.78, 5) is 26.0. The van der Waals surface area contributed by atoms with Crippen molar-refractivity contribution in [2.24, 2.45) is 22.7 Å². The van der Waals surface area contributed by atoms with Gasteiger partial charge >= 0.3 is 12.1 Å². The Hall–Kier alpha value is -2.15. The highest BCUT2D eigenvalue weighted by Gasteiger charge is 2.68. The zero-order chi connectivity index (χ0) is 23.7. The van der Waals surface area contributed by atoms with Gasteiger partial charge in [0.15, 0.2) is 5.78 Å². The predicted octanol–water partition coefficient (Wildman–Crippen LogP) is 5.36. The van der Waals surface area contributed by atoms with Crippen LogP contribution in [0.2, 0.25) is 0 Å². The molecule has 1 aromatic carbocycles. The summed E-state index contributed by atoms with van der Waals surface area (Å²) >= 11 is 0. The molecule has 0 spiro atoms. The van der Waals surface area contributed by atoms with Gasteiger partial charge in [0.25, 0.3) is 5.60 Å². The van der Waals surface area contributed by atoms with Gasteiger partial charge in [-0.25, -0.2) is 4.79 Å². The second-order valence-corrected chi connectivity index (χ2v) is 10.5. The van der Waals surface area contributed by atoms with Crippen molar-refractivity contribution >= 4 is 11.8 Å². The molecule has 1 aromatic rings. The molecule has 0 aliphatic heterocycles. The van der Waals surface area contributed by atoms with Crippen molar-refractivity contribution in [1.29, 1.82) is 0 Å². The molecule has 2 fully saturated rings. The number of halogens is 3. The molecule has 32 heavy (non-hydrogen) atoms. The minimum Gasteiger partial charge on any atom is -0.458 e. The quantitative estimate of drug-likeness (QED) is 0.579. The van der Waals surface area contributed by atoms with Crippen LogP contribution in [0.15, 0.2) is 41.5 Å². The van der Waals surface area contributed by atoms with Crippen LogP contribution in [0.1, 0.15) is 52.5 Å². The summed E-state index contributed by atoms with van der Waals surface area (Å²) < 4.78 is 53.8. The number of carbonyl (C=O) groups excluding carboxylic acids is 2. The second-order valence-electron chi connectivity index (χ2n) is 10.5. The number of carbonyl (C=O) groups is 2. The highest BCUT2D eigenvalue weighted by atomic mass is 19.4. The standard InChI is InChI=1S/C25H29F3O4/c1-14-18(29)13-23(4)19(14)16-11-22(2,3)12-17(16)20(23)32-21(30)24(31-5,25(26,27)28)15-9-7-6-8-10-15/h6-10,16-17,20H,11-13H2,1-5H3/t16-,17+,20+,23+,24+/m1/s1. The average Bonchev–Trinajstić information content (AvgIpc) is 3.19. The van der Waals surface area contributed by atoms with Gasteiger partial charge in [-0.05, 0) is 36.7 Å². The molecule has 5 atom stereocenters. The fourth-order valence-electron chi connectivity index (χ4n) is 6.62. The van der Waals surface area contributed by atoms with Crippen LogP contribution in [0, 0.1) is 22.7 Å². The van der Waals surface area contributed by atoms with Crippen molar-refractivity contribution in [3.05, 3.63) is 47.0 Å². The van der Waals surface area contributed by atoms with E-state index >= 15 is 0 Å². The van der Waals surface area contributed by atoms with Crippen LogP contribution >= 0.6 is 0 Å². The first-order valence-electron chi connectivity index (χ1n) is 10.9. The van der Waals surface area contributed by atoms with Crippen molar-refractivity contribution in [3.8, 4) is 0 Å². The Morgan fingerprint density at radius 3 is 2.28 bits per heavy atom. The summed E-state index contributed by atoms with van der Waals surface area (Å²) in [6.07, 6.45) is -4.17. The summed E-state index contributed by atoms with van der Waals surface area (Å²) in [5.74, 6) is -1.61. The summed E-state index contributed by atoms with van der Waals surface area (Å²) in [7, 11) is 0.869. The number of esters is 1. The fourth-order valence-corrected chi connectivity index (χ4v) is 6.62. The first-order chi connectivity index (χ1) is 14.8. The van der Waals surface area contributed by atoms with Crippen molar-refractivity contribution in [1.82, 2.24) is 0 Å². The molecule has 3 aliphatic rings. The highest BCUT2D eigenvalue weighted by molar-refractivity contribution is 6.00. The largest absolute Gasteiger partial charge is 0.458 e. The van der Waals surface area contributed by atoms with Gasteiger partial charge in [0.1, 0.15) is 6.10 Å². The average molecular weight is 450 g/mol. The van der Waals surface area contributed by atoms with E-state index in [2.05, 4.69) is 13.8 Å². The minimum absolute atomic E-state index is 0.0245. The maximum atomic E-state index is 14.4. The smallest absolute Gasteiger partial charge is 0.432 e. The van der Waals surface area contributed by atoms with Gasteiger partial charge in [0, 0.05) is 30.4 Å². The van der Waals surface area contributed by atoms with Crippen LogP contribution in [-0.4, -0.2) is 31.1 Å². The number of fused-ring (bicyclic) bond motifs is 3. The molecule has 0 unspecified atom stereocenters. The summed E-state index contributed by atoms with van der Waals surface area (Å²) in [5, 5.41) is 0. The molecule has 0 aromatic heterocycles. The van der Waals surface area contributed by atoms with Crippen LogP contribution < -0.4 is 0 Å². The Morgan fingerprint density at radius 2 is 1.72 bits per heavy atom. The predicted molar refractivity (Wildman–Crippen MR) is 111 cm³/mol. The van der Waals surface area contributed by atoms with E-state index in [9.17, 15) is 22.8 Å². The number of ether oxygens (including phenoxy) is 2. The lowest BCUT2D eigenvalue weighted by Gasteiger charge is -2.38. The number of hydrogen-bond donors (Lipinski definition) is 0. The molecule has 7 heteroatoms. The molecular formula is C25H29F3O4. The Kier molecular flexibility index (Phi) is 5.16. The molecule has 0 bridgehead atoms. The van der Waals surface area contributed by atoms with Crippen molar-refractivity contribution in [2.75, 3.05) is 7.11 Å². The molecule has 174 valence electrons. The topological polar surface area (TPSA) is 52.6 Å². The molecule has 3 aliphatic carbocycles. The lowest BCUT2D eigenvalue weighted by molar-refractivity contribution is -0.280. The third-order valence-corrected chi connectivity index (χ3v) is 7.84. The van der Waals surface area contributed by atoms with E-state index in [-0.39, 0.29) is 35.0 Å². The number of ketones is 1. The van der Waals surface area contributed by atoms with Gasteiger partial charge in [-0.1, -0.05) is 56.7 Å². The Bertz CT molecular complexity index is 981. The normalized spacial score (nSPS) is 33.1. The number of benzene rings is 1.